The van der Waals surface area contributed by atoms with Gasteiger partial charge in [0.15, 0.2) is 6.61 Å². The van der Waals surface area contributed by atoms with Gasteiger partial charge in [0.2, 0.25) is 11.8 Å². The highest BCUT2D eigenvalue weighted by molar-refractivity contribution is 9.12. The number of hydrogen-bond acceptors (Lipinski definition) is 4. The smallest absolute Gasteiger partial charge is 0.341 e. The van der Waals surface area contributed by atoms with E-state index in [0.717, 1.165) is 6.42 Å². The molecule has 2 aliphatic carbocycles. The molecule has 3 aliphatic rings. The second-order valence-electron chi connectivity index (χ2n) is 6.69. The molecule has 6 nitrogen and oxygen atoms in total. The van der Waals surface area contributed by atoms with Crippen LogP contribution < -0.4 is 9.64 Å². The minimum Gasteiger partial charge on any atom is -0.482 e. The van der Waals surface area contributed by atoms with E-state index in [1.165, 1.54) is 4.90 Å². The average Bonchev–Trinajstić information content (AvgIpc) is 3.19. The predicted octanol–water partition coefficient (Wildman–Crippen LogP) is 2.43. The summed E-state index contributed by atoms with van der Waals surface area (Å²) in [6.45, 7) is -0.437. The zero-order chi connectivity index (χ0) is 17.9. The zero-order valence-corrected chi connectivity index (χ0v) is 16.1. The molecule has 1 aromatic carbocycles. The molecule has 3 fully saturated rings. The lowest BCUT2D eigenvalue weighted by atomic mass is 9.81. The van der Waals surface area contributed by atoms with E-state index in [0.29, 0.717) is 11.4 Å². The number of carbonyl (C=O) groups excluding carboxylic acids is 2. The molecule has 8 heteroatoms. The molecule has 0 aromatic heterocycles. The van der Waals surface area contributed by atoms with Crippen molar-refractivity contribution in [1.29, 1.82) is 0 Å². The van der Waals surface area contributed by atoms with Crippen LogP contribution in [0.15, 0.2) is 24.3 Å². The first-order valence-electron chi connectivity index (χ1n) is 8.00. The van der Waals surface area contributed by atoms with Gasteiger partial charge in [-0.3, -0.25) is 14.5 Å². The van der Waals surface area contributed by atoms with Crippen LogP contribution in [0.1, 0.15) is 6.42 Å². The van der Waals surface area contributed by atoms with Crippen LogP contribution in [-0.2, 0) is 14.4 Å². The van der Waals surface area contributed by atoms with Crippen LogP contribution in [-0.4, -0.2) is 39.2 Å². The Labute approximate surface area is 160 Å². The molecular weight excluding hydrogens is 458 g/mol. The van der Waals surface area contributed by atoms with Crippen molar-refractivity contribution in [3.8, 4) is 5.75 Å². The fraction of sp³-hybridized carbons (Fsp3) is 0.471. The summed E-state index contributed by atoms with van der Waals surface area (Å²) in [6.07, 6.45) is 0.897. The fourth-order valence-electron chi connectivity index (χ4n) is 4.44. The molecule has 0 unspecified atom stereocenters. The number of carboxylic acid groups (broad SMARTS) is 1. The number of alkyl halides is 2. The topological polar surface area (TPSA) is 83.9 Å². The maximum Gasteiger partial charge on any atom is 0.341 e. The lowest BCUT2D eigenvalue weighted by Crippen LogP contribution is -2.37. The quantitative estimate of drug-likeness (QED) is 0.537. The Morgan fingerprint density at radius 3 is 2.08 bits per heavy atom. The first-order chi connectivity index (χ1) is 11.9. The molecule has 1 aliphatic heterocycles. The normalized spacial score (nSPS) is 36.0. The van der Waals surface area contributed by atoms with E-state index in [2.05, 4.69) is 31.9 Å². The van der Waals surface area contributed by atoms with Crippen molar-refractivity contribution in [2.45, 2.75) is 16.1 Å². The van der Waals surface area contributed by atoms with Crippen LogP contribution in [0.2, 0.25) is 0 Å². The molecule has 1 heterocycles. The van der Waals surface area contributed by atoms with E-state index in [-0.39, 0.29) is 45.1 Å². The van der Waals surface area contributed by atoms with Crippen molar-refractivity contribution >= 4 is 55.3 Å². The van der Waals surface area contributed by atoms with Gasteiger partial charge in [-0.05, 0) is 42.5 Å². The summed E-state index contributed by atoms with van der Waals surface area (Å²) >= 11 is 7.33. The number of amides is 2. The summed E-state index contributed by atoms with van der Waals surface area (Å²) in [5, 5.41) is 8.63. The summed E-state index contributed by atoms with van der Waals surface area (Å²) < 4.78 is 5.09. The van der Waals surface area contributed by atoms with Crippen LogP contribution in [0.4, 0.5) is 5.69 Å². The number of imide groups is 1. The Hall–Kier alpha value is -1.41. The van der Waals surface area contributed by atoms with Crippen molar-refractivity contribution in [3.05, 3.63) is 24.3 Å². The fourth-order valence-corrected chi connectivity index (χ4v) is 6.31. The number of fused-ring (bicyclic) bond motifs is 5. The summed E-state index contributed by atoms with van der Waals surface area (Å²) in [5.74, 6) is -1.09. The third-order valence-corrected chi connectivity index (χ3v) is 8.65. The molecule has 1 N–H and O–H groups in total. The van der Waals surface area contributed by atoms with Gasteiger partial charge in [-0.25, -0.2) is 4.79 Å². The molecule has 2 amide bonds. The van der Waals surface area contributed by atoms with Gasteiger partial charge in [0, 0.05) is 9.65 Å². The highest BCUT2D eigenvalue weighted by Gasteiger charge is 2.66. The van der Waals surface area contributed by atoms with Gasteiger partial charge in [0.25, 0.3) is 0 Å². The maximum absolute atomic E-state index is 12.9. The first kappa shape index (κ1) is 17.0. The SMILES string of the molecule is O=C(O)COc1ccc(N2C(=O)[C@@H]3[C@H]4C[C@H]([C@H](Br)[C@@H]4Br)[C@@H]3C2=O)cc1. The third kappa shape index (κ3) is 2.52. The Morgan fingerprint density at radius 1 is 1.08 bits per heavy atom. The molecular formula is C17H15Br2NO5. The Bertz CT molecular complexity index is 720. The molecule has 1 saturated heterocycles. The molecule has 6 atom stereocenters. The molecule has 132 valence electrons. The molecule has 25 heavy (non-hydrogen) atoms. The minimum atomic E-state index is -1.06. The first-order valence-corrected chi connectivity index (χ1v) is 9.84. The van der Waals surface area contributed by atoms with Gasteiger partial charge in [-0.1, -0.05) is 31.9 Å². The monoisotopic (exact) mass is 471 g/mol. The standard InChI is InChI=1S/C17H15Br2NO5/c18-14-9-5-10(15(14)19)13-12(9)16(23)20(17(13)24)7-1-3-8(4-2-7)25-6-11(21)22/h1-4,9-10,12-15H,5-6H2,(H,21,22)/t9-,10+,12-,13+,14-,15+. The number of carboxylic acids is 1. The van der Waals surface area contributed by atoms with Crippen molar-refractivity contribution in [2.24, 2.45) is 23.7 Å². The highest BCUT2D eigenvalue weighted by atomic mass is 79.9. The highest BCUT2D eigenvalue weighted by Crippen LogP contribution is 2.60. The lowest BCUT2D eigenvalue weighted by molar-refractivity contribution is -0.139. The number of nitrogens with zero attached hydrogens (tertiary/aromatic N) is 1. The molecule has 4 rings (SSSR count). The molecule has 2 saturated carbocycles. The van der Waals surface area contributed by atoms with E-state index in [1.54, 1.807) is 24.3 Å². The number of ether oxygens (including phenoxy) is 1. The van der Waals surface area contributed by atoms with Crippen molar-refractivity contribution in [2.75, 3.05) is 11.5 Å². The number of carbonyl (C=O) groups is 3. The summed E-state index contributed by atoms with van der Waals surface area (Å²) in [6, 6.07) is 6.38. The van der Waals surface area contributed by atoms with E-state index in [4.69, 9.17) is 9.84 Å². The minimum absolute atomic E-state index is 0.134. The molecule has 2 bridgehead atoms. The van der Waals surface area contributed by atoms with Crippen molar-refractivity contribution in [3.63, 3.8) is 0 Å². The average molecular weight is 473 g/mol. The molecule has 0 spiro atoms. The van der Waals surface area contributed by atoms with Gasteiger partial charge in [-0.2, -0.15) is 0 Å². The number of aliphatic carboxylic acids is 1. The van der Waals surface area contributed by atoms with Crippen LogP contribution in [0.3, 0.4) is 0 Å². The van der Waals surface area contributed by atoms with Crippen molar-refractivity contribution in [1.82, 2.24) is 0 Å². The summed E-state index contributed by atoms with van der Waals surface area (Å²) in [5.41, 5.74) is 0.503. The summed E-state index contributed by atoms with van der Waals surface area (Å²) in [7, 11) is 0. The predicted molar refractivity (Wildman–Crippen MR) is 96.1 cm³/mol. The van der Waals surface area contributed by atoms with E-state index < -0.39 is 12.6 Å². The van der Waals surface area contributed by atoms with Crippen LogP contribution in [0, 0.1) is 23.7 Å². The Morgan fingerprint density at radius 2 is 1.60 bits per heavy atom. The largest absolute Gasteiger partial charge is 0.482 e. The van der Waals surface area contributed by atoms with Gasteiger partial charge < -0.3 is 9.84 Å². The van der Waals surface area contributed by atoms with Crippen molar-refractivity contribution < 1.29 is 24.2 Å². The van der Waals surface area contributed by atoms with E-state index in [9.17, 15) is 14.4 Å². The second kappa shape index (κ2) is 6.09. The van der Waals surface area contributed by atoms with Gasteiger partial charge in [-0.15, -0.1) is 0 Å². The second-order valence-corrected chi connectivity index (χ2v) is 8.81. The number of hydrogen-bond donors (Lipinski definition) is 1. The third-order valence-electron chi connectivity index (χ3n) is 5.44. The number of halogens is 2. The Balaban J connectivity index is 1.57. The molecule has 0 radical (unpaired) electrons. The van der Waals surface area contributed by atoms with Gasteiger partial charge >= 0.3 is 5.97 Å². The number of anilines is 1. The zero-order valence-electron chi connectivity index (χ0n) is 13.0. The summed E-state index contributed by atoms with van der Waals surface area (Å²) in [4.78, 5) is 38.0. The van der Waals surface area contributed by atoms with Crippen LogP contribution >= 0.6 is 31.9 Å². The lowest BCUT2D eigenvalue weighted by Gasteiger charge is -2.28. The van der Waals surface area contributed by atoms with Gasteiger partial charge in [0.05, 0.1) is 17.5 Å². The van der Waals surface area contributed by atoms with Crippen LogP contribution in [0.25, 0.3) is 0 Å². The van der Waals surface area contributed by atoms with Gasteiger partial charge in [0.1, 0.15) is 5.75 Å². The van der Waals surface area contributed by atoms with E-state index >= 15 is 0 Å². The number of benzene rings is 1. The van der Waals surface area contributed by atoms with Crippen LogP contribution in [0.5, 0.6) is 5.75 Å². The maximum atomic E-state index is 12.9. The molecule has 1 aromatic rings. The number of rotatable bonds is 4. The van der Waals surface area contributed by atoms with E-state index in [1.807, 2.05) is 0 Å². The Kier molecular flexibility index (Phi) is 4.15.